The van der Waals surface area contributed by atoms with Crippen LogP contribution in [-0.2, 0) is 6.54 Å². The van der Waals surface area contributed by atoms with Crippen molar-refractivity contribution in [2.75, 3.05) is 0 Å². The van der Waals surface area contributed by atoms with Crippen LogP contribution >= 0.6 is 0 Å². The molecule has 120 valence electrons. The molecule has 3 rings (SSSR count). The third kappa shape index (κ3) is 3.38. The summed E-state index contributed by atoms with van der Waals surface area (Å²) in [5.41, 5.74) is 2.18. The Morgan fingerprint density at radius 1 is 0.917 bits per heavy atom. The van der Waals surface area contributed by atoms with E-state index in [1.54, 1.807) is 36.5 Å². The number of hydrogen-bond donors (Lipinski definition) is 0. The molecule has 0 aliphatic carbocycles. The minimum atomic E-state index is -0.459. The summed E-state index contributed by atoms with van der Waals surface area (Å²) in [6.45, 7) is 0.319. The lowest BCUT2D eigenvalue weighted by Gasteiger charge is -2.09. The largest absolute Gasteiger partial charge is 0.310 e. The number of pyridine rings is 1. The van der Waals surface area contributed by atoms with Crippen LogP contribution in [0.4, 0.5) is 10.1 Å². The minimum absolute atomic E-state index is 0.0124. The first-order chi connectivity index (χ1) is 11.5. The quantitative estimate of drug-likeness (QED) is 0.544. The van der Waals surface area contributed by atoms with Crippen molar-refractivity contribution < 1.29 is 9.31 Å². The maximum atomic E-state index is 13.0. The predicted molar refractivity (Wildman–Crippen MR) is 88.3 cm³/mol. The first kappa shape index (κ1) is 15.6. The summed E-state index contributed by atoms with van der Waals surface area (Å²) in [6, 6.07) is 15.2. The fourth-order valence-electron chi connectivity index (χ4n) is 2.39. The molecule has 5 nitrogen and oxygen atoms in total. The van der Waals surface area contributed by atoms with Gasteiger partial charge < -0.3 is 4.57 Å². The molecule has 3 aromatic rings. The highest BCUT2D eigenvalue weighted by atomic mass is 19.1. The SMILES string of the molecule is O=c1ccc(-c2ccc([N+](=O)[O-])cc2)cn1Cc1ccc(F)cc1. The van der Waals surface area contributed by atoms with Crippen LogP contribution in [0.2, 0.25) is 0 Å². The molecule has 0 saturated carbocycles. The van der Waals surface area contributed by atoms with Crippen molar-refractivity contribution in [1.82, 2.24) is 4.57 Å². The fraction of sp³-hybridized carbons (Fsp3) is 0.0556. The molecular formula is C18H13FN2O3. The fourth-order valence-corrected chi connectivity index (χ4v) is 2.39. The van der Waals surface area contributed by atoms with E-state index < -0.39 is 4.92 Å². The summed E-state index contributed by atoms with van der Waals surface area (Å²) >= 11 is 0. The first-order valence-corrected chi connectivity index (χ1v) is 7.23. The van der Waals surface area contributed by atoms with Gasteiger partial charge in [0.05, 0.1) is 11.5 Å². The van der Waals surface area contributed by atoms with E-state index in [0.717, 1.165) is 16.7 Å². The third-order valence-electron chi connectivity index (χ3n) is 3.66. The Hall–Kier alpha value is -3.28. The number of nitro groups is 1. The van der Waals surface area contributed by atoms with Gasteiger partial charge in [-0.15, -0.1) is 0 Å². The molecule has 1 aromatic heterocycles. The number of hydrogen-bond acceptors (Lipinski definition) is 3. The normalized spacial score (nSPS) is 10.5. The summed E-state index contributed by atoms with van der Waals surface area (Å²) in [7, 11) is 0. The summed E-state index contributed by atoms with van der Waals surface area (Å²) < 4.78 is 14.5. The maximum absolute atomic E-state index is 13.0. The molecule has 0 unspecified atom stereocenters. The molecule has 24 heavy (non-hydrogen) atoms. The number of nitro benzene ring substituents is 1. The minimum Gasteiger partial charge on any atom is -0.310 e. The van der Waals surface area contributed by atoms with Gasteiger partial charge in [-0.25, -0.2) is 4.39 Å². The van der Waals surface area contributed by atoms with Crippen LogP contribution in [0, 0.1) is 15.9 Å². The lowest BCUT2D eigenvalue weighted by Crippen LogP contribution is -2.19. The number of aromatic nitrogens is 1. The second-order valence-electron chi connectivity index (χ2n) is 5.31. The third-order valence-corrected chi connectivity index (χ3v) is 3.66. The Kier molecular flexibility index (Phi) is 4.20. The molecule has 0 saturated heterocycles. The van der Waals surface area contributed by atoms with Gasteiger partial charge in [-0.1, -0.05) is 12.1 Å². The van der Waals surface area contributed by atoms with Crippen molar-refractivity contribution >= 4 is 5.69 Å². The monoisotopic (exact) mass is 324 g/mol. The van der Waals surface area contributed by atoms with E-state index in [1.807, 2.05) is 0 Å². The van der Waals surface area contributed by atoms with Gasteiger partial charge in [-0.2, -0.15) is 0 Å². The second-order valence-corrected chi connectivity index (χ2v) is 5.31. The molecule has 0 N–H and O–H groups in total. The van der Waals surface area contributed by atoms with E-state index >= 15 is 0 Å². The summed E-state index contributed by atoms with van der Waals surface area (Å²) in [5.74, 6) is -0.328. The number of halogens is 1. The Morgan fingerprint density at radius 2 is 1.54 bits per heavy atom. The van der Waals surface area contributed by atoms with Gasteiger partial charge >= 0.3 is 0 Å². The summed E-state index contributed by atoms with van der Waals surface area (Å²) in [4.78, 5) is 22.3. The lowest BCUT2D eigenvalue weighted by atomic mass is 10.1. The molecule has 2 aromatic carbocycles. The highest BCUT2D eigenvalue weighted by molar-refractivity contribution is 5.63. The van der Waals surface area contributed by atoms with Crippen LogP contribution in [0.5, 0.6) is 0 Å². The van der Waals surface area contributed by atoms with Gasteiger partial charge in [-0.3, -0.25) is 14.9 Å². The van der Waals surface area contributed by atoms with Gasteiger partial charge in [0.25, 0.3) is 11.2 Å². The van der Waals surface area contributed by atoms with Gasteiger partial charge in [0.15, 0.2) is 0 Å². The molecule has 0 atom stereocenters. The Balaban J connectivity index is 1.92. The van der Waals surface area contributed by atoms with E-state index in [4.69, 9.17) is 0 Å². The average Bonchev–Trinajstić information content (AvgIpc) is 2.59. The average molecular weight is 324 g/mol. The summed E-state index contributed by atoms with van der Waals surface area (Å²) in [5, 5.41) is 10.7. The molecular weight excluding hydrogens is 311 g/mol. The molecule has 0 aliphatic heterocycles. The maximum Gasteiger partial charge on any atom is 0.269 e. The molecule has 0 fully saturated rings. The number of non-ortho nitro benzene ring substituents is 1. The van der Waals surface area contributed by atoms with E-state index in [2.05, 4.69) is 0 Å². The van der Waals surface area contributed by atoms with E-state index in [1.165, 1.54) is 34.9 Å². The molecule has 0 spiro atoms. The zero-order valence-electron chi connectivity index (χ0n) is 12.6. The Labute approximate surface area is 136 Å². The molecule has 6 heteroatoms. The molecule has 0 bridgehead atoms. The van der Waals surface area contributed by atoms with Gasteiger partial charge in [0.1, 0.15) is 5.82 Å². The van der Waals surface area contributed by atoms with E-state index in [-0.39, 0.29) is 17.1 Å². The standard InChI is InChI=1S/C18H13FN2O3/c19-16-6-1-13(2-7-16)11-20-12-15(5-10-18(20)22)14-3-8-17(9-4-14)21(23)24/h1-10,12H,11H2. The number of nitrogens with zero attached hydrogens (tertiary/aromatic N) is 2. The molecule has 1 heterocycles. The second kappa shape index (κ2) is 6.45. The highest BCUT2D eigenvalue weighted by Crippen LogP contribution is 2.21. The summed E-state index contributed by atoms with van der Waals surface area (Å²) in [6.07, 6.45) is 1.69. The number of rotatable bonds is 4. The number of benzene rings is 2. The van der Waals surface area contributed by atoms with Crippen molar-refractivity contribution in [1.29, 1.82) is 0 Å². The zero-order chi connectivity index (χ0) is 17.1. The highest BCUT2D eigenvalue weighted by Gasteiger charge is 2.07. The van der Waals surface area contributed by atoms with Gasteiger partial charge in [0, 0.05) is 24.4 Å². The van der Waals surface area contributed by atoms with Crippen LogP contribution in [0.15, 0.2) is 71.7 Å². The van der Waals surface area contributed by atoms with Gasteiger partial charge in [0.2, 0.25) is 0 Å². The predicted octanol–water partition coefficient (Wildman–Crippen LogP) is 3.61. The van der Waals surface area contributed by atoms with Crippen LogP contribution in [-0.4, -0.2) is 9.49 Å². The first-order valence-electron chi connectivity index (χ1n) is 7.23. The van der Waals surface area contributed by atoms with E-state index in [0.29, 0.717) is 6.54 Å². The van der Waals surface area contributed by atoms with Crippen LogP contribution in [0.1, 0.15) is 5.56 Å². The smallest absolute Gasteiger partial charge is 0.269 e. The van der Waals surface area contributed by atoms with Gasteiger partial charge in [-0.05, 0) is 47.0 Å². The molecule has 0 radical (unpaired) electrons. The van der Waals surface area contributed by atoms with Crippen LogP contribution < -0.4 is 5.56 Å². The Morgan fingerprint density at radius 3 is 2.17 bits per heavy atom. The van der Waals surface area contributed by atoms with Crippen LogP contribution in [0.3, 0.4) is 0 Å². The van der Waals surface area contributed by atoms with Crippen molar-refractivity contribution in [3.05, 3.63) is 98.7 Å². The van der Waals surface area contributed by atoms with E-state index in [9.17, 15) is 19.3 Å². The topological polar surface area (TPSA) is 65.1 Å². The molecule has 0 amide bonds. The van der Waals surface area contributed by atoms with Crippen molar-refractivity contribution in [2.45, 2.75) is 6.54 Å². The van der Waals surface area contributed by atoms with Crippen molar-refractivity contribution in [3.63, 3.8) is 0 Å². The molecule has 0 aliphatic rings. The zero-order valence-corrected chi connectivity index (χ0v) is 12.6. The lowest BCUT2D eigenvalue weighted by molar-refractivity contribution is -0.384. The van der Waals surface area contributed by atoms with Crippen LogP contribution in [0.25, 0.3) is 11.1 Å². The van der Waals surface area contributed by atoms with Crippen molar-refractivity contribution in [2.24, 2.45) is 0 Å². The Bertz CT molecular complexity index is 932. The van der Waals surface area contributed by atoms with Crippen molar-refractivity contribution in [3.8, 4) is 11.1 Å².